The molecule has 0 saturated carbocycles. The molecule has 0 aliphatic carbocycles. The van der Waals surface area contributed by atoms with E-state index in [2.05, 4.69) is 33.7 Å². The van der Waals surface area contributed by atoms with Crippen LogP contribution in [0.25, 0.3) is 11.3 Å². The molecule has 3 fully saturated rings. The fourth-order valence-corrected chi connectivity index (χ4v) is 5.83. The van der Waals surface area contributed by atoms with Crippen LogP contribution in [0.1, 0.15) is 36.1 Å². The monoisotopic (exact) mass is 517 g/mol. The summed E-state index contributed by atoms with van der Waals surface area (Å²) < 4.78 is 17.4. The van der Waals surface area contributed by atoms with Gasteiger partial charge in [-0.1, -0.05) is 30.3 Å². The summed E-state index contributed by atoms with van der Waals surface area (Å²) >= 11 is 0. The Kier molecular flexibility index (Phi) is 7.41. The largest absolute Gasteiger partial charge is 0.378 e. The molecule has 1 amide bonds. The highest BCUT2D eigenvalue weighted by Crippen LogP contribution is 2.44. The first-order valence-electron chi connectivity index (χ1n) is 13.7. The summed E-state index contributed by atoms with van der Waals surface area (Å²) in [5.41, 5.74) is 4.92. The third kappa shape index (κ3) is 5.20. The zero-order valence-corrected chi connectivity index (χ0v) is 21.7. The summed E-state index contributed by atoms with van der Waals surface area (Å²) in [6, 6.07) is 14.5. The van der Waals surface area contributed by atoms with Gasteiger partial charge >= 0.3 is 0 Å². The van der Waals surface area contributed by atoms with Crippen LogP contribution in [-0.4, -0.2) is 80.0 Å². The van der Waals surface area contributed by atoms with Crippen LogP contribution in [-0.2, 0) is 37.6 Å². The summed E-state index contributed by atoms with van der Waals surface area (Å²) in [7, 11) is 0. The van der Waals surface area contributed by atoms with Crippen LogP contribution in [0.2, 0.25) is 0 Å². The minimum absolute atomic E-state index is 0.243. The molecule has 5 heterocycles. The van der Waals surface area contributed by atoms with E-state index in [1.165, 1.54) is 5.56 Å². The van der Waals surface area contributed by atoms with E-state index in [1.54, 1.807) is 0 Å². The van der Waals surface area contributed by atoms with Crippen molar-refractivity contribution in [2.45, 2.75) is 56.1 Å². The number of nitrogens with one attached hydrogen (secondary N) is 2. The second kappa shape index (κ2) is 11.1. The number of nitrogens with zero attached hydrogens (tertiary/aromatic N) is 3. The molecule has 1 aromatic carbocycles. The van der Waals surface area contributed by atoms with Gasteiger partial charge in [0.2, 0.25) is 0 Å². The van der Waals surface area contributed by atoms with Gasteiger partial charge in [-0.3, -0.25) is 9.69 Å². The number of carbonyl (C=O) groups is 1. The van der Waals surface area contributed by atoms with Crippen molar-refractivity contribution >= 4 is 5.91 Å². The van der Waals surface area contributed by atoms with Crippen molar-refractivity contribution in [3.63, 3.8) is 0 Å². The SMILES string of the molecule is N#C[C@H](Cc1ccc(-c2ccc3c(n2)C2(CCN(C4COC4)CC2)OC3)cc1)NC(=O)[C@@H]1CNCCCO1. The average molecular weight is 518 g/mol. The van der Waals surface area contributed by atoms with Gasteiger partial charge in [-0.05, 0) is 37.4 Å². The van der Waals surface area contributed by atoms with Crippen molar-refractivity contribution in [2.24, 2.45) is 0 Å². The van der Waals surface area contributed by atoms with Crippen LogP contribution in [0.5, 0.6) is 0 Å². The second-order valence-corrected chi connectivity index (χ2v) is 10.7. The number of likely N-dealkylation sites (tertiary alicyclic amines) is 1. The van der Waals surface area contributed by atoms with Crippen LogP contribution in [0, 0.1) is 11.3 Å². The average Bonchev–Trinajstić information content (AvgIpc) is 3.07. The minimum atomic E-state index is -0.618. The van der Waals surface area contributed by atoms with Crippen LogP contribution in [0.3, 0.4) is 0 Å². The minimum Gasteiger partial charge on any atom is -0.378 e. The highest BCUT2D eigenvalue weighted by molar-refractivity contribution is 5.81. The molecule has 0 unspecified atom stereocenters. The first kappa shape index (κ1) is 25.4. The Morgan fingerprint density at radius 1 is 1.21 bits per heavy atom. The first-order valence-corrected chi connectivity index (χ1v) is 13.7. The number of hydrogen-bond acceptors (Lipinski definition) is 8. The van der Waals surface area contributed by atoms with Gasteiger partial charge < -0.3 is 24.8 Å². The maximum atomic E-state index is 12.6. The predicted molar refractivity (Wildman–Crippen MR) is 140 cm³/mol. The Bertz CT molecular complexity index is 1180. The molecule has 9 nitrogen and oxygen atoms in total. The highest BCUT2D eigenvalue weighted by Gasteiger charge is 2.45. The fraction of sp³-hybridized carbons (Fsp3) is 0.552. The van der Waals surface area contributed by atoms with E-state index >= 15 is 0 Å². The molecule has 200 valence electrons. The predicted octanol–water partition coefficient (Wildman–Crippen LogP) is 1.90. The maximum Gasteiger partial charge on any atom is 0.251 e. The number of rotatable bonds is 6. The zero-order valence-electron chi connectivity index (χ0n) is 21.7. The van der Waals surface area contributed by atoms with E-state index in [-0.39, 0.29) is 11.5 Å². The second-order valence-electron chi connectivity index (χ2n) is 10.7. The van der Waals surface area contributed by atoms with E-state index in [4.69, 9.17) is 19.2 Å². The van der Waals surface area contributed by atoms with Gasteiger partial charge in [-0.2, -0.15) is 5.26 Å². The van der Waals surface area contributed by atoms with E-state index in [9.17, 15) is 10.1 Å². The normalized spacial score (nSPS) is 24.1. The number of fused-ring (bicyclic) bond motifs is 2. The van der Waals surface area contributed by atoms with Crippen molar-refractivity contribution in [3.8, 4) is 17.3 Å². The van der Waals surface area contributed by atoms with Gasteiger partial charge in [-0.25, -0.2) is 4.98 Å². The fourth-order valence-electron chi connectivity index (χ4n) is 5.83. The lowest BCUT2D eigenvalue weighted by Gasteiger charge is -2.44. The lowest BCUT2D eigenvalue weighted by atomic mass is 9.86. The number of amides is 1. The number of ether oxygens (including phenoxy) is 3. The molecule has 3 saturated heterocycles. The molecule has 38 heavy (non-hydrogen) atoms. The molecule has 0 radical (unpaired) electrons. The number of aromatic nitrogens is 1. The highest BCUT2D eigenvalue weighted by atomic mass is 16.5. The Morgan fingerprint density at radius 3 is 2.76 bits per heavy atom. The number of benzene rings is 1. The topological polar surface area (TPSA) is 109 Å². The van der Waals surface area contributed by atoms with Crippen LogP contribution in [0.15, 0.2) is 36.4 Å². The number of carbonyl (C=O) groups excluding carboxylic acids is 1. The Morgan fingerprint density at radius 2 is 2.03 bits per heavy atom. The molecule has 2 N–H and O–H groups in total. The molecular formula is C29H35N5O4. The summed E-state index contributed by atoms with van der Waals surface area (Å²) in [6.07, 6.45) is 2.65. The van der Waals surface area contributed by atoms with Gasteiger partial charge in [-0.15, -0.1) is 0 Å². The lowest BCUT2D eigenvalue weighted by Crippen LogP contribution is -2.54. The number of hydrogen-bond donors (Lipinski definition) is 2. The summed E-state index contributed by atoms with van der Waals surface area (Å²) in [5, 5.41) is 15.7. The van der Waals surface area contributed by atoms with Crippen molar-refractivity contribution in [2.75, 3.05) is 46.0 Å². The first-order chi connectivity index (χ1) is 18.6. The Balaban J connectivity index is 1.10. The van der Waals surface area contributed by atoms with Crippen LogP contribution in [0.4, 0.5) is 0 Å². The summed E-state index contributed by atoms with van der Waals surface area (Å²) in [5.74, 6) is -0.243. The summed E-state index contributed by atoms with van der Waals surface area (Å²) in [6.45, 7) is 6.17. The molecule has 2 atom stereocenters. The lowest BCUT2D eigenvalue weighted by molar-refractivity contribution is -0.132. The molecule has 4 aliphatic heterocycles. The quantitative estimate of drug-likeness (QED) is 0.598. The molecule has 6 rings (SSSR count). The van der Waals surface area contributed by atoms with E-state index in [0.29, 0.717) is 32.2 Å². The smallest absolute Gasteiger partial charge is 0.251 e. The van der Waals surface area contributed by atoms with Crippen molar-refractivity contribution < 1.29 is 19.0 Å². The summed E-state index contributed by atoms with van der Waals surface area (Å²) in [4.78, 5) is 20.2. The Labute approximate surface area is 223 Å². The zero-order chi connectivity index (χ0) is 26.0. The van der Waals surface area contributed by atoms with Gasteiger partial charge in [0.15, 0.2) is 0 Å². The molecule has 4 aliphatic rings. The standard InChI is InChI=1S/C29H35N5O4/c30-15-23(32-28(35)26-16-31-10-1-13-37-26)14-20-2-4-21(5-3-20)25-7-6-22-17-38-29(27(22)33-25)8-11-34(12-9-29)24-18-36-19-24/h2-7,23-24,26,31H,1,8-14,16-19H2,(H,32,35)/t23-,26-/m0/s1. The third-order valence-corrected chi connectivity index (χ3v) is 8.26. The molecule has 1 spiro atoms. The van der Waals surface area contributed by atoms with Crippen molar-refractivity contribution in [1.29, 1.82) is 5.26 Å². The maximum absolute atomic E-state index is 12.6. The number of pyridine rings is 1. The van der Waals surface area contributed by atoms with Gasteiger partial charge in [0, 0.05) is 43.8 Å². The van der Waals surface area contributed by atoms with E-state index in [1.807, 2.05) is 24.3 Å². The van der Waals surface area contributed by atoms with Crippen molar-refractivity contribution in [1.82, 2.24) is 20.5 Å². The molecule has 9 heteroatoms. The van der Waals surface area contributed by atoms with Crippen LogP contribution >= 0.6 is 0 Å². The van der Waals surface area contributed by atoms with Gasteiger partial charge in [0.05, 0.1) is 43.3 Å². The van der Waals surface area contributed by atoms with Gasteiger partial charge in [0.1, 0.15) is 17.7 Å². The van der Waals surface area contributed by atoms with Crippen molar-refractivity contribution in [3.05, 3.63) is 53.2 Å². The van der Waals surface area contributed by atoms with E-state index < -0.39 is 12.1 Å². The molecule has 2 aromatic rings. The molecule has 1 aromatic heterocycles. The number of piperidine rings is 1. The number of nitriles is 1. The molecular weight excluding hydrogens is 482 g/mol. The van der Waals surface area contributed by atoms with Crippen LogP contribution < -0.4 is 10.6 Å². The van der Waals surface area contributed by atoms with E-state index in [0.717, 1.165) is 74.6 Å². The third-order valence-electron chi connectivity index (χ3n) is 8.26. The Hall–Kier alpha value is -2.87. The molecule has 0 bridgehead atoms. The van der Waals surface area contributed by atoms with Gasteiger partial charge in [0.25, 0.3) is 5.91 Å².